The monoisotopic (exact) mass is 437 g/mol. The van der Waals surface area contributed by atoms with Crippen LogP contribution in [0.4, 0.5) is 0 Å². The Morgan fingerprint density at radius 2 is 2.00 bits per heavy atom. The number of aromatic nitrogens is 6. The van der Waals surface area contributed by atoms with E-state index in [-0.39, 0.29) is 11.7 Å². The van der Waals surface area contributed by atoms with Crippen molar-refractivity contribution in [2.45, 2.75) is 19.4 Å². The molecule has 0 radical (unpaired) electrons. The quantitative estimate of drug-likeness (QED) is 0.459. The van der Waals surface area contributed by atoms with E-state index >= 15 is 0 Å². The molecule has 0 bridgehead atoms. The fraction of sp³-hybridized carbons (Fsp3) is 0.167. The van der Waals surface area contributed by atoms with Crippen molar-refractivity contribution in [3.8, 4) is 11.6 Å². The average Bonchev–Trinajstić information content (AvgIpc) is 3.50. The Morgan fingerprint density at radius 3 is 2.88 bits per heavy atom. The molecule has 1 amide bonds. The van der Waals surface area contributed by atoms with Crippen LogP contribution in [0.25, 0.3) is 22.5 Å². The number of hydrogen-bond acceptors (Lipinski definition) is 7. The Labute approximate surface area is 188 Å². The summed E-state index contributed by atoms with van der Waals surface area (Å²) in [5, 5.41) is 9.78. The molecule has 1 aliphatic heterocycles. The van der Waals surface area contributed by atoms with Gasteiger partial charge in [0.1, 0.15) is 11.7 Å². The van der Waals surface area contributed by atoms with Gasteiger partial charge in [-0.3, -0.25) is 9.78 Å². The van der Waals surface area contributed by atoms with Gasteiger partial charge in [0.15, 0.2) is 0 Å². The second-order valence-corrected chi connectivity index (χ2v) is 7.89. The summed E-state index contributed by atoms with van der Waals surface area (Å²) in [5.74, 6) is 0.236. The number of imidazole rings is 1. The molecule has 9 nitrogen and oxygen atoms in total. The summed E-state index contributed by atoms with van der Waals surface area (Å²) in [5.41, 5.74) is 4.28. The van der Waals surface area contributed by atoms with Gasteiger partial charge in [-0.15, -0.1) is 0 Å². The standard InChI is InChI=1S/C24H19N7O2/c1-14-22(33-23(28-14)18-8-4-5-10-25-18)24(32)31-11-9-17-20(27-13-26-17)21(31)19-12-15-6-2-3-7-16(15)29-30-19/h2-8,10,12-13,21H,9,11H2,1H3,(H,26,27)/t21-/m1/s1. The third-order valence-electron chi connectivity index (χ3n) is 5.85. The highest BCUT2D eigenvalue weighted by molar-refractivity contribution is 5.93. The number of aryl methyl sites for hydroxylation is 1. The molecule has 33 heavy (non-hydrogen) atoms. The van der Waals surface area contributed by atoms with Gasteiger partial charge in [0, 0.05) is 30.2 Å². The largest absolute Gasteiger partial charge is 0.429 e. The lowest BCUT2D eigenvalue weighted by Gasteiger charge is -2.33. The molecule has 0 saturated heterocycles. The van der Waals surface area contributed by atoms with Crippen LogP contribution in [0.15, 0.2) is 65.5 Å². The number of fused-ring (bicyclic) bond motifs is 2. The van der Waals surface area contributed by atoms with E-state index in [9.17, 15) is 4.79 Å². The molecule has 162 valence electrons. The lowest BCUT2D eigenvalue weighted by Crippen LogP contribution is -2.41. The zero-order chi connectivity index (χ0) is 22.4. The zero-order valence-electron chi connectivity index (χ0n) is 17.8. The van der Waals surface area contributed by atoms with E-state index < -0.39 is 6.04 Å². The van der Waals surface area contributed by atoms with Crippen LogP contribution in [0, 0.1) is 6.92 Å². The summed E-state index contributed by atoms with van der Waals surface area (Å²) in [6.45, 7) is 2.24. The maximum Gasteiger partial charge on any atom is 0.292 e. The van der Waals surface area contributed by atoms with Crippen LogP contribution < -0.4 is 0 Å². The predicted molar refractivity (Wildman–Crippen MR) is 119 cm³/mol. The molecule has 5 heterocycles. The highest BCUT2D eigenvalue weighted by atomic mass is 16.4. The first-order valence-corrected chi connectivity index (χ1v) is 10.6. The second kappa shape index (κ2) is 7.63. The molecule has 0 fully saturated rings. The third-order valence-corrected chi connectivity index (χ3v) is 5.85. The highest BCUT2D eigenvalue weighted by Crippen LogP contribution is 2.35. The molecule has 1 aliphatic rings. The third kappa shape index (κ3) is 3.25. The van der Waals surface area contributed by atoms with Crippen LogP contribution in [-0.2, 0) is 6.42 Å². The molecule has 0 spiro atoms. The summed E-state index contributed by atoms with van der Waals surface area (Å²) in [6.07, 6.45) is 3.96. The fourth-order valence-electron chi connectivity index (χ4n) is 4.25. The number of pyridine rings is 1. The lowest BCUT2D eigenvalue weighted by molar-refractivity contribution is 0.0654. The van der Waals surface area contributed by atoms with Crippen molar-refractivity contribution in [1.29, 1.82) is 0 Å². The van der Waals surface area contributed by atoms with Gasteiger partial charge in [-0.25, -0.2) is 9.97 Å². The molecule has 5 aromatic rings. The van der Waals surface area contributed by atoms with Gasteiger partial charge in [-0.1, -0.05) is 24.3 Å². The van der Waals surface area contributed by atoms with Crippen LogP contribution in [0.5, 0.6) is 0 Å². The van der Waals surface area contributed by atoms with Gasteiger partial charge in [0.05, 0.1) is 28.9 Å². The number of nitrogens with one attached hydrogen (secondary N) is 1. The topological polar surface area (TPSA) is 114 Å². The van der Waals surface area contributed by atoms with Crippen molar-refractivity contribution >= 4 is 16.8 Å². The first-order chi connectivity index (χ1) is 16.2. The summed E-state index contributed by atoms with van der Waals surface area (Å²) < 4.78 is 5.91. The normalized spacial score (nSPS) is 15.5. The van der Waals surface area contributed by atoms with Gasteiger partial charge in [0.2, 0.25) is 11.7 Å². The van der Waals surface area contributed by atoms with E-state index in [1.165, 1.54) is 0 Å². The van der Waals surface area contributed by atoms with Crippen LogP contribution in [0.3, 0.4) is 0 Å². The number of oxazole rings is 1. The minimum atomic E-state index is -0.493. The summed E-state index contributed by atoms with van der Waals surface area (Å²) in [6, 6.07) is 14.7. The van der Waals surface area contributed by atoms with Gasteiger partial charge in [0.25, 0.3) is 5.91 Å². The Hall–Kier alpha value is -4.40. The smallest absolute Gasteiger partial charge is 0.292 e. The summed E-state index contributed by atoms with van der Waals surface area (Å²) >= 11 is 0. The molecule has 9 heteroatoms. The maximum atomic E-state index is 13.7. The van der Waals surface area contributed by atoms with Gasteiger partial charge in [-0.05, 0) is 31.2 Å². The molecular weight excluding hydrogens is 418 g/mol. The van der Waals surface area contributed by atoms with Gasteiger partial charge in [-0.2, -0.15) is 10.2 Å². The second-order valence-electron chi connectivity index (χ2n) is 7.89. The Balaban J connectivity index is 1.43. The first kappa shape index (κ1) is 19.3. The predicted octanol–water partition coefficient (Wildman–Crippen LogP) is 3.50. The van der Waals surface area contributed by atoms with Crippen LogP contribution in [0.1, 0.15) is 39.4 Å². The first-order valence-electron chi connectivity index (χ1n) is 10.6. The number of H-pyrrole nitrogens is 1. The van der Waals surface area contributed by atoms with Crippen LogP contribution in [0.2, 0.25) is 0 Å². The Kier molecular flexibility index (Phi) is 4.46. The van der Waals surface area contributed by atoms with Crippen molar-refractivity contribution in [2.24, 2.45) is 0 Å². The van der Waals surface area contributed by atoms with Crippen LogP contribution >= 0.6 is 0 Å². The molecular formula is C24H19N7O2. The number of carbonyl (C=O) groups excluding carboxylic acids is 1. The van der Waals surface area contributed by atoms with Crippen molar-refractivity contribution in [3.05, 3.63) is 89.6 Å². The molecule has 1 N–H and O–H groups in total. The minimum absolute atomic E-state index is 0.188. The maximum absolute atomic E-state index is 13.7. The molecule has 0 saturated carbocycles. The van der Waals surface area contributed by atoms with Crippen LogP contribution in [-0.4, -0.2) is 47.5 Å². The van der Waals surface area contributed by atoms with Gasteiger partial charge < -0.3 is 14.3 Å². The molecule has 1 aromatic carbocycles. The average molecular weight is 437 g/mol. The van der Waals surface area contributed by atoms with Crippen molar-refractivity contribution < 1.29 is 9.21 Å². The molecule has 0 aliphatic carbocycles. The van der Waals surface area contributed by atoms with Crippen molar-refractivity contribution in [1.82, 2.24) is 35.0 Å². The van der Waals surface area contributed by atoms with E-state index in [0.717, 1.165) is 22.3 Å². The van der Waals surface area contributed by atoms with Gasteiger partial charge >= 0.3 is 0 Å². The number of carbonyl (C=O) groups is 1. The van der Waals surface area contributed by atoms with E-state index in [1.807, 2.05) is 42.5 Å². The number of benzene rings is 1. The lowest BCUT2D eigenvalue weighted by atomic mass is 9.98. The molecule has 4 aromatic heterocycles. The van der Waals surface area contributed by atoms with E-state index in [2.05, 4.69) is 30.1 Å². The number of nitrogens with zero attached hydrogens (tertiary/aromatic N) is 6. The number of amides is 1. The Morgan fingerprint density at radius 1 is 1.12 bits per heavy atom. The van der Waals surface area contributed by atoms with E-state index in [1.54, 1.807) is 30.4 Å². The fourth-order valence-corrected chi connectivity index (χ4v) is 4.25. The van der Waals surface area contributed by atoms with E-state index in [4.69, 9.17) is 4.42 Å². The van der Waals surface area contributed by atoms with Crippen molar-refractivity contribution in [2.75, 3.05) is 6.54 Å². The Bertz CT molecular complexity index is 1470. The SMILES string of the molecule is Cc1nc(-c2ccccn2)oc1C(=O)N1CCc2[nH]cnc2[C@H]1c1cc2ccccc2nn1. The van der Waals surface area contributed by atoms with E-state index in [0.29, 0.717) is 35.9 Å². The number of rotatable bonds is 3. The number of aromatic amines is 1. The number of hydrogen-bond donors (Lipinski definition) is 1. The highest BCUT2D eigenvalue weighted by Gasteiger charge is 2.38. The summed E-state index contributed by atoms with van der Waals surface area (Å²) in [4.78, 5) is 31.9. The minimum Gasteiger partial charge on any atom is -0.429 e. The zero-order valence-corrected chi connectivity index (χ0v) is 17.8. The summed E-state index contributed by atoms with van der Waals surface area (Å²) in [7, 11) is 0. The molecule has 1 atom stereocenters. The van der Waals surface area contributed by atoms with Crippen molar-refractivity contribution in [3.63, 3.8) is 0 Å². The molecule has 6 rings (SSSR count). The molecule has 0 unspecified atom stereocenters.